The number of fused-ring (bicyclic) bond motifs is 1. The molecule has 0 aliphatic heterocycles. The van der Waals surface area contributed by atoms with Crippen LogP contribution in [-0.2, 0) is 6.54 Å². The molecule has 5 nitrogen and oxygen atoms in total. The van der Waals surface area contributed by atoms with Gasteiger partial charge >= 0.3 is 5.76 Å². The molecular formula is C15H15N3O2. The number of nitrogens with one attached hydrogen (secondary N) is 1. The van der Waals surface area contributed by atoms with Crippen LogP contribution < -0.4 is 11.1 Å². The van der Waals surface area contributed by atoms with Crippen molar-refractivity contribution in [1.29, 1.82) is 0 Å². The zero-order valence-electron chi connectivity index (χ0n) is 11.2. The van der Waals surface area contributed by atoms with Gasteiger partial charge in [-0.3, -0.25) is 4.57 Å². The molecule has 0 saturated heterocycles. The Balaban J connectivity index is 1.74. The monoisotopic (exact) mass is 269 g/mol. The molecule has 0 saturated carbocycles. The average Bonchev–Trinajstić information content (AvgIpc) is 2.75. The molecule has 0 bridgehead atoms. The third-order valence-corrected chi connectivity index (χ3v) is 3.11. The molecule has 20 heavy (non-hydrogen) atoms. The Kier molecular flexibility index (Phi) is 3.25. The Bertz CT molecular complexity index is 789. The molecule has 2 aromatic heterocycles. The first-order chi connectivity index (χ1) is 9.74. The number of oxazole rings is 1. The number of rotatable bonds is 4. The van der Waals surface area contributed by atoms with E-state index in [-0.39, 0.29) is 5.76 Å². The third-order valence-electron chi connectivity index (χ3n) is 3.11. The van der Waals surface area contributed by atoms with Crippen LogP contribution in [0.25, 0.3) is 11.2 Å². The predicted octanol–water partition coefficient (Wildman–Crippen LogP) is 2.41. The average molecular weight is 269 g/mol. The summed E-state index contributed by atoms with van der Waals surface area (Å²) in [6.45, 7) is 3.19. The van der Waals surface area contributed by atoms with Crippen LogP contribution in [0.1, 0.15) is 5.56 Å². The van der Waals surface area contributed by atoms with Crippen molar-refractivity contribution >= 4 is 16.9 Å². The summed E-state index contributed by atoms with van der Waals surface area (Å²) in [5.74, 6) is -0.371. The zero-order valence-corrected chi connectivity index (χ0v) is 11.2. The topological polar surface area (TPSA) is 60.1 Å². The lowest BCUT2D eigenvalue weighted by molar-refractivity contribution is 0.509. The summed E-state index contributed by atoms with van der Waals surface area (Å²) in [7, 11) is 0. The highest BCUT2D eigenvalue weighted by atomic mass is 16.4. The molecule has 0 radical (unpaired) electrons. The highest BCUT2D eigenvalue weighted by Crippen LogP contribution is 2.10. The lowest BCUT2D eigenvalue weighted by Crippen LogP contribution is -2.20. The van der Waals surface area contributed by atoms with Crippen LogP contribution in [-0.4, -0.2) is 16.1 Å². The summed E-state index contributed by atoms with van der Waals surface area (Å²) in [5.41, 5.74) is 3.35. The molecule has 0 unspecified atom stereocenters. The van der Waals surface area contributed by atoms with Crippen molar-refractivity contribution in [2.45, 2.75) is 13.5 Å². The van der Waals surface area contributed by atoms with Crippen molar-refractivity contribution in [1.82, 2.24) is 9.55 Å². The Morgan fingerprint density at radius 3 is 3.05 bits per heavy atom. The number of pyridine rings is 1. The number of anilines is 1. The maximum absolute atomic E-state index is 11.8. The quantitative estimate of drug-likeness (QED) is 0.790. The van der Waals surface area contributed by atoms with E-state index >= 15 is 0 Å². The van der Waals surface area contributed by atoms with E-state index in [9.17, 15) is 4.79 Å². The predicted molar refractivity (Wildman–Crippen MR) is 77.9 cm³/mol. The van der Waals surface area contributed by atoms with Crippen molar-refractivity contribution in [2.75, 3.05) is 11.9 Å². The van der Waals surface area contributed by atoms with Gasteiger partial charge in [0, 0.05) is 25.0 Å². The third kappa shape index (κ3) is 2.42. The van der Waals surface area contributed by atoms with Crippen molar-refractivity contribution in [3.05, 3.63) is 58.7 Å². The number of nitrogens with zero attached hydrogens (tertiary/aromatic N) is 2. The second-order valence-electron chi connectivity index (χ2n) is 4.64. The zero-order chi connectivity index (χ0) is 13.9. The smallest absolute Gasteiger partial charge is 0.406 e. The summed E-state index contributed by atoms with van der Waals surface area (Å²) in [5, 5.41) is 3.29. The van der Waals surface area contributed by atoms with Crippen LogP contribution in [0.15, 0.2) is 51.8 Å². The molecule has 0 atom stereocenters. The minimum Gasteiger partial charge on any atom is -0.406 e. The molecule has 3 rings (SSSR count). The number of benzene rings is 1. The van der Waals surface area contributed by atoms with Crippen LogP contribution in [0.2, 0.25) is 0 Å². The largest absolute Gasteiger partial charge is 0.421 e. The fraction of sp³-hybridized carbons (Fsp3) is 0.200. The van der Waals surface area contributed by atoms with Crippen molar-refractivity contribution < 1.29 is 4.42 Å². The number of hydrogen-bond acceptors (Lipinski definition) is 4. The van der Waals surface area contributed by atoms with E-state index in [1.807, 2.05) is 25.1 Å². The minimum absolute atomic E-state index is 0.371. The van der Waals surface area contributed by atoms with Gasteiger partial charge in [-0.25, -0.2) is 9.78 Å². The minimum atomic E-state index is -0.371. The van der Waals surface area contributed by atoms with Gasteiger partial charge in [0.2, 0.25) is 0 Å². The van der Waals surface area contributed by atoms with Gasteiger partial charge in [-0.15, -0.1) is 0 Å². The summed E-state index contributed by atoms with van der Waals surface area (Å²) in [4.78, 5) is 15.9. The molecule has 0 fully saturated rings. The van der Waals surface area contributed by atoms with Gasteiger partial charge < -0.3 is 9.73 Å². The highest BCUT2D eigenvalue weighted by Gasteiger charge is 2.08. The van der Waals surface area contributed by atoms with Crippen molar-refractivity contribution in [3.63, 3.8) is 0 Å². The van der Waals surface area contributed by atoms with Crippen LogP contribution >= 0.6 is 0 Å². The SMILES string of the molecule is Cc1cccc(NCCn2c(=O)oc3cccnc32)c1. The van der Waals surface area contributed by atoms with Crippen LogP contribution in [0.5, 0.6) is 0 Å². The Labute approximate surface area is 115 Å². The number of hydrogen-bond donors (Lipinski definition) is 1. The van der Waals surface area contributed by atoms with Gasteiger partial charge in [0.1, 0.15) is 0 Å². The lowest BCUT2D eigenvalue weighted by atomic mass is 10.2. The summed E-state index contributed by atoms with van der Waals surface area (Å²) >= 11 is 0. The summed E-state index contributed by atoms with van der Waals surface area (Å²) < 4.78 is 6.68. The summed E-state index contributed by atoms with van der Waals surface area (Å²) in [6.07, 6.45) is 1.65. The van der Waals surface area contributed by atoms with Gasteiger partial charge in [-0.05, 0) is 36.8 Å². The van der Waals surface area contributed by atoms with E-state index in [4.69, 9.17) is 4.42 Å². The Hall–Kier alpha value is -2.56. The highest BCUT2D eigenvalue weighted by molar-refractivity contribution is 5.67. The molecule has 0 spiro atoms. The molecule has 0 aliphatic carbocycles. The first-order valence-corrected chi connectivity index (χ1v) is 6.49. The van der Waals surface area contributed by atoms with Crippen LogP contribution in [0.3, 0.4) is 0 Å². The van der Waals surface area contributed by atoms with E-state index < -0.39 is 0 Å². The number of aromatic nitrogens is 2. The molecule has 0 aliphatic rings. The Morgan fingerprint density at radius 1 is 1.30 bits per heavy atom. The first kappa shape index (κ1) is 12.5. The molecular weight excluding hydrogens is 254 g/mol. The maximum atomic E-state index is 11.8. The van der Waals surface area contributed by atoms with E-state index in [1.54, 1.807) is 18.3 Å². The van der Waals surface area contributed by atoms with Crippen LogP contribution in [0.4, 0.5) is 5.69 Å². The van der Waals surface area contributed by atoms with E-state index in [2.05, 4.69) is 16.4 Å². The van der Waals surface area contributed by atoms with Crippen molar-refractivity contribution in [3.8, 4) is 0 Å². The van der Waals surface area contributed by atoms with Gasteiger partial charge in [-0.2, -0.15) is 0 Å². The van der Waals surface area contributed by atoms with Gasteiger partial charge in [0.25, 0.3) is 0 Å². The second-order valence-corrected chi connectivity index (χ2v) is 4.64. The fourth-order valence-electron chi connectivity index (χ4n) is 2.16. The maximum Gasteiger partial charge on any atom is 0.421 e. The van der Waals surface area contributed by atoms with Gasteiger partial charge in [0.15, 0.2) is 11.2 Å². The van der Waals surface area contributed by atoms with Crippen molar-refractivity contribution in [2.24, 2.45) is 0 Å². The van der Waals surface area contributed by atoms with Crippen LogP contribution in [0, 0.1) is 6.92 Å². The molecule has 2 heterocycles. The molecule has 5 heteroatoms. The van der Waals surface area contributed by atoms with Gasteiger partial charge in [-0.1, -0.05) is 12.1 Å². The molecule has 1 N–H and O–H groups in total. The number of aryl methyl sites for hydroxylation is 1. The van der Waals surface area contributed by atoms with E-state index in [0.717, 1.165) is 5.69 Å². The molecule has 0 amide bonds. The lowest BCUT2D eigenvalue weighted by Gasteiger charge is -2.07. The van der Waals surface area contributed by atoms with E-state index in [1.165, 1.54) is 10.1 Å². The summed E-state index contributed by atoms with van der Waals surface area (Å²) in [6, 6.07) is 11.6. The van der Waals surface area contributed by atoms with E-state index in [0.29, 0.717) is 24.3 Å². The second kappa shape index (κ2) is 5.21. The first-order valence-electron chi connectivity index (χ1n) is 6.49. The fourth-order valence-corrected chi connectivity index (χ4v) is 2.16. The molecule has 3 aromatic rings. The normalized spacial score (nSPS) is 10.8. The van der Waals surface area contributed by atoms with Gasteiger partial charge in [0.05, 0.1) is 0 Å². The molecule has 1 aromatic carbocycles. The Morgan fingerprint density at radius 2 is 2.20 bits per heavy atom. The standard InChI is InChI=1S/C15H15N3O2/c1-11-4-2-5-12(10-11)16-8-9-18-14-13(20-15(18)19)6-3-7-17-14/h2-7,10,16H,8-9H2,1H3. The molecule has 102 valence electrons.